The van der Waals surface area contributed by atoms with Gasteiger partial charge in [0.2, 0.25) is 0 Å². The van der Waals surface area contributed by atoms with Crippen molar-refractivity contribution in [3.8, 4) is 17.2 Å². The molecule has 0 saturated heterocycles. The molecular formula is C22H29KO5S. The van der Waals surface area contributed by atoms with E-state index in [4.69, 9.17) is 4.74 Å². The van der Waals surface area contributed by atoms with Crippen LogP contribution in [0.25, 0.3) is 0 Å². The van der Waals surface area contributed by atoms with Crippen molar-refractivity contribution in [2.45, 2.75) is 69.6 Å². The van der Waals surface area contributed by atoms with Gasteiger partial charge in [-0.1, -0.05) is 75.8 Å². The van der Waals surface area contributed by atoms with Crippen molar-refractivity contribution >= 4 is 10.1 Å². The Bertz CT molecular complexity index is 838. The molecule has 2 rings (SSSR count). The largest absolute Gasteiger partial charge is 1.00 e. The van der Waals surface area contributed by atoms with Crippen molar-refractivity contribution in [1.29, 1.82) is 0 Å². The smallest absolute Gasteiger partial charge is 0.871 e. The zero-order chi connectivity index (χ0) is 20.4. The summed E-state index contributed by atoms with van der Waals surface area (Å²) in [5.41, 5.74) is 0.312. The fourth-order valence-electron chi connectivity index (χ4n) is 3.24. The summed E-state index contributed by atoms with van der Waals surface area (Å²) >= 11 is 0. The molecule has 5 nitrogen and oxygen atoms in total. The topological polar surface area (TPSA) is 86.7 Å². The Morgan fingerprint density at radius 2 is 1.48 bits per heavy atom. The molecular weight excluding hydrogens is 415 g/mol. The fraction of sp³-hybridized carbons (Fsp3) is 0.455. The molecule has 0 bridgehead atoms. The molecule has 0 spiro atoms. The molecule has 1 N–H and O–H groups in total. The predicted octanol–water partition coefficient (Wildman–Crippen LogP) is 2.49. The molecule has 29 heavy (non-hydrogen) atoms. The Kier molecular flexibility index (Phi) is 12.7. The van der Waals surface area contributed by atoms with Crippen LogP contribution in [0.4, 0.5) is 0 Å². The van der Waals surface area contributed by atoms with Crippen LogP contribution in [0.3, 0.4) is 0 Å². The Hall–Kier alpha value is -0.414. The van der Waals surface area contributed by atoms with E-state index in [0.29, 0.717) is 17.7 Å². The molecule has 2 aromatic carbocycles. The van der Waals surface area contributed by atoms with E-state index < -0.39 is 20.8 Å². The molecule has 0 radical (unpaired) electrons. The number of ether oxygens (including phenoxy) is 1. The summed E-state index contributed by atoms with van der Waals surface area (Å²) in [5, 5.41) is 12.3. The zero-order valence-electron chi connectivity index (χ0n) is 17.4. The summed E-state index contributed by atoms with van der Waals surface area (Å²) in [4.78, 5) is -0.532. The van der Waals surface area contributed by atoms with Crippen LogP contribution in [0.2, 0.25) is 0 Å². The van der Waals surface area contributed by atoms with Gasteiger partial charge >= 0.3 is 51.4 Å². The van der Waals surface area contributed by atoms with Crippen molar-refractivity contribution < 1.29 is 74.2 Å². The monoisotopic (exact) mass is 444 g/mol. The van der Waals surface area contributed by atoms with E-state index in [0.717, 1.165) is 31.7 Å². The minimum atomic E-state index is -4.58. The second-order valence-corrected chi connectivity index (χ2v) is 8.38. The minimum absolute atomic E-state index is 0. The first kappa shape index (κ1) is 26.6. The van der Waals surface area contributed by atoms with Crippen LogP contribution >= 0.6 is 0 Å². The van der Waals surface area contributed by atoms with Crippen molar-refractivity contribution in [3.63, 3.8) is 0 Å². The second kappa shape index (κ2) is 13.8. The molecule has 0 amide bonds. The first-order valence-electron chi connectivity index (χ1n) is 9.96. The van der Waals surface area contributed by atoms with Gasteiger partial charge in [-0.2, -0.15) is 8.42 Å². The summed E-state index contributed by atoms with van der Waals surface area (Å²) < 4.78 is 38.5. The Balaban J connectivity index is 0.00000420. The van der Waals surface area contributed by atoms with E-state index in [1.54, 1.807) is 30.3 Å². The molecule has 0 aliphatic heterocycles. The zero-order valence-corrected chi connectivity index (χ0v) is 21.3. The maximum Gasteiger partial charge on any atom is 1.00 e. The van der Waals surface area contributed by atoms with Crippen molar-refractivity contribution in [1.82, 2.24) is 0 Å². The van der Waals surface area contributed by atoms with Crippen LogP contribution in [0.15, 0.2) is 47.4 Å². The Morgan fingerprint density at radius 1 is 0.897 bits per heavy atom. The SMILES string of the molecule is CCCCCCCCCCc1cc(Oc2ccccc2)cc([O-])c1S(=O)(=O)O.[K+]. The predicted molar refractivity (Wildman–Crippen MR) is 109 cm³/mol. The third kappa shape index (κ3) is 9.51. The molecule has 2 aromatic rings. The van der Waals surface area contributed by atoms with E-state index in [1.807, 2.05) is 6.07 Å². The molecule has 154 valence electrons. The fourth-order valence-corrected chi connectivity index (χ4v) is 4.05. The average Bonchev–Trinajstić information content (AvgIpc) is 2.63. The van der Waals surface area contributed by atoms with Gasteiger partial charge in [0.1, 0.15) is 11.5 Å². The molecule has 0 atom stereocenters. The van der Waals surface area contributed by atoms with E-state index in [2.05, 4.69) is 6.92 Å². The number of hydrogen-bond donors (Lipinski definition) is 1. The van der Waals surface area contributed by atoms with E-state index in [1.165, 1.54) is 25.7 Å². The van der Waals surface area contributed by atoms with Gasteiger partial charge in [0.25, 0.3) is 10.1 Å². The van der Waals surface area contributed by atoms with Gasteiger partial charge in [0.15, 0.2) is 0 Å². The van der Waals surface area contributed by atoms with Gasteiger partial charge in [-0.05, 0) is 42.7 Å². The third-order valence-corrected chi connectivity index (χ3v) is 5.62. The number of rotatable bonds is 12. The summed E-state index contributed by atoms with van der Waals surface area (Å²) in [6.45, 7) is 2.19. The van der Waals surface area contributed by atoms with E-state index in [9.17, 15) is 18.1 Å². The van der Waals surface area contributed by atoms with Gasteiger partial charge in [-0.15, -0.1) is 0 Å². The summed E-state index contributed by atoms with van der Waals surface area (Å²) in [6, 6.07) is 11.6. The van der Waals surface area contributed by atoms with Gasteiger partial charge in [-0.3, -0.25) is 4.55 Å². The minimum Gasteiger partial charge on any atom is -0.871 e. The van der Waals surface area contributed by atoms with Gasteiger partial charge in [-0.25, -0.2) is 0 Å². The molecule has 0 aliphatic carbocycles. The summed E-state index contributed by atoms with van der Waals surface area (Å²) in [6.07, 6.45) is 9.31. The van der Waals surface area contributed by atoms with Crippen LogP contribution in [0, 0.1) is 0 Å². The first-order chi connectivity index (χ1) is 13.4. The van der Waals surface area contributed by atoms with Crippen molar-refractivity contribution in [3.05, 3.63) is 48.0 Å². The number of unbranched alkanes of at least 4 members (excludes halogenated alkanes) is 7. The standard InChI is InChI=1S/C22H30O5S.K/c1-2-3-4-5-6-7-8-10-13-18-16-20(27-19-14-11-9-12-15-19)17-21(23)22(18)28(24,25)26;/h9,11-12,14-17,23H,2-8,10,13H2,1H3,(H,24,25,26);/q;+1/p-1. The van der Waals surface area contributed by atoms with Crippen LogP contribution in [-0.4, -0.2) is 13.0 Å². The molecule has 0 aromatic heterocycles. The van der Waals surface area contributed by atoms with E-state index in [-0.39, 0.29) is 57.1 Å². The maximum absolute atomic E-state index is 12.3. The molecule has 0 saturated carbocycles. The first-order valence-corrected chi connectivity index (χ1v) is 11.4. The number of hydrogen-bond acceptors (Lipinski definition) is 4. The molecule has 7 heteroatoms. The Labute approximate surface area is 217 Å². The normalized spacial score (nSPS) is 11.1. The average molecular weight is 445 g/mol. The maximum atomic E-state index is 12.3. The van der Waals surface area contributed by atoms with Crippen molar-refractivity contribution in [2.75, 3.05) is 0 Å². The Morgan fingerprint density at radius 3 is 2.07 bits per heavy atom. The number of benzene rings is 2. The number of para-hydroxylation sites is 1. The number of aryl methyl sites for hydroxylation is 1. The molecule has 0 fully saturated rings. The van der Waals surface area contributed by atoms with Gasteiger partial charge < -0.3 is 9.84 Å². The third-order valence-electron chi connectivity index (χ3n) is 4.64. The van der Waals surface area contributed by atoms with Crippen molar-refractivity contribution in [2.24, 2.45) is 0 Å². The van der Waals surface area contributed by atoms with Crippen LogP contribution in [0.1, 0.15) is 63.9 Å². The summed E-state index contributed by atoms with van der Waals surface area (Å²) in [7, 11) is -4.58. The molecule has 0 aliphatic rings. The van der Waals surface area contributed by atoms with Crippen LogP contribution in [-0.2, 0) is 16.5 Å². The van der Waals surface area contributed by atoms with Gasteiger partial charge in [0.05, 0.1) is 4.90 Å². The van der Waals surface area contributed by atoms with E-state index >= 15 is 0 Å². The molecule has 0 unspecified atom stereocenters. The van der Waals surface area contributed by atoms with Crippen LogP contribution < -0.4 is 61.2 Å². The quantitative estimate of drug-likeness (QED) is 0.309. The second-order valence-electron chi connectivity index (χ2n) is 7.02. The molecule has 0 heterocycles. The van der Waals surface area contributed by atoms with Crippen LogP contribution in [0.5, 0.6) is 17.2 Å². The summed E-state index contributed by atoms with van der Waals surface area (Å²) in [5.74, 6) is 0.0863. The van der Waals surface area contributed by atoms with Gasteiger partial charge in [0, 0.05) is 0 Å².